The van der Waals surface area contributed by atoms with Gasteiger partial charge in [0.2, 0.25) is 5.36 Å². The van der Waals surface area contributed by atoms with E-state index in [0.717, 1.165) is 70.6 Å². The molecule has 2 aromatic rings. The fourth-order valence-corrected chi connectivity index (χ4v) is 10.1. The summed E-state index contributed by atoms with van der Waals surface area (Å²) in [7, 11) is -4.94. The quantitative estimate of drug-likeness (QED) is 0.0264. The van der Waals surface area contributed by atoms with Crippen LogP contribution in [0.1, 0.15) is 244 Å². The Morgan fingerprint density at radius 2 is 0.986 bits per heavy atom. The van der Waals surface area contributed by atoms with Gasteiger partial charge in [-0.1, -0.05) is 218 Å². The van der Waals surface area contributed by atoms with E-state index < -0.39 is 16.2 Å². The average Bonchev–Trinajstić information content (AvgIpc) is 3.34. The number of hydrogen-bond donors (Lipinski definition) is 1. The minimum Gasteiger partial charge on any atom is -0.478 e. The predicted octanol–water partition coefficient (Wildman–Crippen LogP) is 13.3. The van der Waals surface area contributed by atoms with Crippen LogP contribution < -0.4 is 33.5 Å². The number of hydrogen-bond acceptors (Lipinski definition) is 7. The van der Waals surface area contributed by atoms with Crippen molar-refractivity contribution in [1.82, 2.24) is 4.58 Å². The Kier molecular flexibility index (Phi) is 32.4. The monoisotopic (exact) mass is 991 g/mol. The maximum atomic E-state index is 12.6. The topological polar surface area (TPSA) is 149 Å². The van der Waals surface area contributed by atoms with Crippen molar-refractivity contribution in [3.05, 3.63) is 71.6 Å². The Balaban J connectivity index is 0.00000246. The molecule has 9 nitrogen and oxygen atoms in total. The predicted molar refractivity (Wildman–Crippen MR) is 283 cm³/mol. The van der Waals surface area contributed by atoms with E-state index in [0.29, 0.717) is 5.56 Å². The Hall–Kier alpha value is -3.47. The van der Waals surface area contributed by atoms with Crippen molar-refractivity contribution in [2.24, 2.45) is 0 Å². The van der Waals surface area contributed by atoms with Crippen molar-refractivity contribution >= 4 is 22.6 Å². The molecule has 1 aliphatic heterocycles. The first-order valence-corrected chi connectivity index (χ1v) is 29.5. The van der Waals surface area contributed by atoms with E-state index in [1.54, 1.807) is 6.07 Å². The van der Waals surface area contributed by atoms with Crippen LogP contribution in [-0.4, -0.2) is 37.3 Å². The number of fused-ring (bicyclic) bond motifs is 2. The van der Waals surface area contributed by atoms with E-state index >= 15 is 0 Å². The summed E-state index contributed by atoms with van der Waals surface area (Å²) >= 11 is 0. The summed E-state index contributed by atoms with van der Waals surface area (Å²) in [5, 5.41) is 12.4. The first kappa shape index (κ1) is 60.8. The lowest BCUT2D eigenvalue weighted by Crippen LogP contribution is -2.68. The van der Waals surface area contributed by atoms with Crippen LogP contribution in [0.4, 0.5) is 5.69 Å². The molecule has 0 radical (unpaired) electrons. The van der Waals surface area contributed by atoms with E-state index in [1.165, 1.54) is 205 Å². The fraction of sp³-hybridized carbons (Fsp3) is 0.667. The Morgan fingerprint density at radius 1 is 0.543 bits per heavy atom. The first-order valence-electron chi connectivity index (χ1n) is 28.3. The van der Waals surface area contributed by atoms with Crippen molar-refractivity contribution in [1.29, 1.82) is 0 Å². The van der Waals surface area contributed by atoms with Crippen molar-refractivity contribution in [3.8, 4) is 22.5 Å². The Morgan fingerprint density at radius 3 is 1.43 bits per heavy atom. The number of aromatic carboxylic acids is 1. The van der Waals surface area contributed by atoms with Crippen LogP contribution in [0.3, 0.4) is 0 Å². The maximum Gasteiger partial charge on any atom is 0.336 e. The average molecular weight is 992 g/mol. The van der Waals surface area contributed by atoms with Gasteiger partial charge in [0.15, 0.2) is 0 Å². The number of rotatable bonds is 39. The third-order valence-corrected chi connectivity index (χ3v) is 14.2. The van der Waals surface area contributed by atoms with Gasteiger partial charge in [-0.2, -0.15) is 0 Å². The highest BCUT2D eigenvalue weighted by Gasteiger charge is 2.23. The third-order valence-electron chi connectivity index (χ3n) is 14.2. The lowest BCUT2D eigenvalue weighted by Gasteiger charge is -2.24. The smallest absolute Gasteiger partial charge is 0.336 e. The number of benzene rings is 3. The van der Waals surface area contributed by atoms with Gasteiger partial charge in [0.05, 0.1) is 11.6 Å². The number of carboxylic acid groups (broad SMARTS) is 1. The molecule has 2 aliphatic rings. The van der Waals surface area contributed by atoms with Gasteiger partial charge in [-0.15, -0.1) is 10.2 Å². The van der Waals surface area contributed by atoms with Crippen LogP contribution >= 0.6 is 0 Å². The van der Waals surface area contributed by atoms with E-state index in [9.17, 15) is 9.90 Å². The zero-order valence-electron chi connectivity index (χ0n) is 44.4. The molecule has 10 heteroatoms. The maximum absolute atomic E-state index is 12.6. The van der Waals surface area contributed by atoms with Crippen LogP contribution in [0.2, 0.25) is 0 Å². The van der Waals surface area contributed by atoms with E-state index in [1.807, 2.05) is 18.2 Å². The van der Waals surface area contributed by atoms with Crippen LogP contribution in [0, 0.1) is 10.2 Å². The molecular formula is C60H95ClN2O7. The second-order valence-corrected chi connectivity index (χ2v) is 20.6. The second kappa shape index (κ2) is 37.3. The molecular weight excluding hydrogens is 896 g/mol. The molecule has 0 atom stereocenters. The minimum absolute atomic E-state index is 0.312. The van der Waals surface area contributed by atoms with Gasteiger partial charge in [0.25, 0.3) is 0 Å². The standard InChI is InChI=1S/C60H94N2O3.ClHO4/c1-5-9-11-13-15-17-19-21-23-25-27-29-31-33-35-39-47-61(7-3)51-43-45-55-57(49-51)65-58-50-52(44-46-56(58)59(55)53-41-37-38-42-54(53)60(63)64)62(8-4)48-40-36-34-32-30-28-26-24-22-20-18-16-14-12-10-6-2;2-1(3,4)5/h37-38,41-46,49-50H,5-36,39-40,47-48H2,1-4H3;(H,2,3,4,5). The van der Waals surface area contributed by atoms with Gasteiger partial charge in [0.1, 0.15) is 24.4 Å². The molecule has 0 amide bonds. The van der Waals surface area contributed by atoms with Crippen molar-refractivity contribution in [2.75, 3.05) is 31.1 Å². The molecule has 0 saturated carbocycles. The number of unbranched alkanes of at least 4 members (excludes halogenated alkanes) is 30. The van der Waals surface area contributed by atoms with Crippen LogP contribution in [0.15, 0.2) is 65.1 Å². The number of carboxylic acids is 1. The number of carbonyl (C=O) groups is 1. The molecule has 0 spiro atoms. The van der Waals surface area contributed by atoms with E-state index in [4.69, 9.17) is 23.1 Å². The summed E-state index contributed by atoms with van der Waals surface area (Å²) in [5.74, 6) is -0.114. The molecule has 0 fully saturated rings. The van der Waals surface area contributed by atoms with Crippen molar-refractivity contribution in [2.45, 2.75) is 233 Å². The SMILES string of the molecule is CCCCCCCCCCCCCCCCCCN(CC)c1ccc2c(-c3ccccc3C(=O)O)c3ccc(=[N+](CC)CCCCCCCCCCCCCCCCCC)cc-3oc2c1.[O-][Cl+3]([O-])([O-])[O-]. The molecule has 0 saturated heterocycles. The Bertz CT molecular complexity index is 2000. The summed E-state index contributed by atoms with van der Waals surface area (Å²) in [6.45, 7) is 13.0. The van der Waals surface area contributed by atoms with Gasteiger partial charge in [-0.05, 0) is 56.5 Å². The summed E-state index contributed by atoms with van der Waals surface area (Å²) in [4.78, 5) is 15.0. The molecule has 2 aromatic carbocycles. The van der Waals surface area contributed by atoms with Crippen LogP contribution in [0.25, 0.3) is 33.4 Å². The summed E-state index contributed by atoms with van der Waals surface area (Å²) in [6.07, 6.45) is 44.1. The van der Waals surface area contributed by atoms with E-state index in [-0.39, 0.29) is 0 Å². The van der Waals surface area contributed by atoms with E-state index in [2.05, 4.69) is 73.6 Å². The third kappa shape index (κ3) is 25.3. The van der Waals surface area contributed by atoms with Crippen LogP contribution in [0.5, 0.6) is 0 Å². The molecule has 4 rings (SSSR count). The molecule has 70 heavy (non-hydrogen) atoms. The summed E-state index contributed by atoms with van der Waals surface area (Å²) in [5.41, 5.74) is 4.88. The lowest BCUT2D eigenvalue weighted by molar-refractivity contribution is -2.00. The van der Waals surface area contributed by atoms with Gasteiger partial charge in [-0.3, -0.25) is 0 Å². The molecule has 0 unspecified atom stereocenters. The highest BCUT2D eigenvalue weighted by atomic mass is 35.7. The highest BCUT2D eigenvalue weighted by molar-refractivity contribution is 6.07. The largest absolute Gasteiger partial charge is 0.478 e. The zero-order valence-corrected chi connectivity index (χ0v) is 45.2. The normalized spacial score (nSPS) is 12.1. The van der Waals surface area contributed by atoms with Gasteiger partial charge >= 0.3 is 5.97 Å². The first-order chi connectivity index (χ1) is 34.0. The van der Waals surface area contributed by atoms with Gasteiger partial charge in [0, 0.05) is 53.8 Å². The molecule has 1 heterocycles. The summed E-state index contributed by atoms with van der Waals surface area (Å²) in [6, 6.07) is 20.5. The molecule has 1 aliphatic carbocycles. The molecule has 0 aromatic heterocycles. The van der Waals surface area contributed by atoms with Crippen molar-refractivity contribution < 1.29 is 43.2 Å². The minimum atomic E-state index is -4.94. The van der Waals surface area contributed by atoms with Gasteiger partial charge in [-0.25, -0.2) is 28.0 Å². The van der Waals surface area contributed by atoms with Gasteiger partial charge < -0.3 is 14.4 Å². The molecule has 1 N–H and O–H groups in total. The summed E-state index contributed by atoms with van der Waals surface area (Å²) < 4.78 is 43.3. The molecule has 0 bridgehead atoms. The zero-order chi connectivity index (χ0) is 50.7. The fourth-order valence-electron chi connectivity index (χ4n) is 10.1. The number of nitrogens with zero attached hydrogens (tertiary/aromatic N) is 2. The Labute approximate surface area is 426 Å². The second-order valence-electron chi connectivity index (χ2n) is 19.8. The number of anilines is 1. The van der Waals surface area contributed by atoms with Crippen molar-refractivity contribution in [3.63, 3.8) is 0 Å². The highest BCUT2D eigenvalue weighted by Crippen LogP contribution is 2.42. The number of halogens is 1. The van der Waals surface area contributed by atoms with Crippen LogP contribution in [-0.2, 0) is 0 Å². The lowest BCUT2D eigenvalue weighted by atomic mass is 9.90. The molecule has 394 valence electrons.